The fourth-order valence-corrected chi connectivity index (χ4v) is 2.98. The first-order chi connectivity index (χ1) is 7.08. The molecular weight excluding hydrogens is 204 g/mol. The second-order valence-corrected chi connectivity index (χ2v) is 6.30. The van der Waals surface area contributed by atoms with E-state index in [1.165, 1.54) is 9.75 Å². The van der Waals surface area contributed by atoms with Crippen molar-refractivity contribution in [3.63, 3.8) is 0 Å². The van der Waals surface area contributed by atoms with Crippen molar-refractivity contribution in [1.29, 1.82) is 0 Å². The Kier molecular flexibility index (Phi) is 3.14. The average Bonchev–Trinajstić information content (AvgIpc) is 2.55. The summed E-state index contributed by atoms with van der Waals surface area (Å²) >= 11 is 1.92. The van der Waals surface area contributed by atoms with E-state index in [-0.39, 0.29) is 5.54 Å². The van der Waals surface area contributed by atoms with Crippen molar-refractivity contribution in [2.75, 3.05) is 19.6 Å². The lowest BCUT2D eigenvalue weighted by molar-refractivity contribution is 0.0838. The van der Waals surface area contributed by atoms with Crippen LogP contribution in [0, 0.1) is 6.92 Å². The maximum absolute atomic E-state index is 3.46. The normalized spacial score (nSPS) is 21.8. The predicted molar refractivity (Wildman–Crippen MR) is 66.4 cm³/mol. The average molecular weight is 224 g/mol. The first-order valence-electron chi connectivity index (χ1n) is 5.59. The number of rotatable bonds is 2. The Labute approximate surface area is 96.3 Å². The van der Waals surface area contributed by atoms with Crippen LogP contribution in [0.1, 0.15) is 23.6 Å². The number of nitrogens with one attached hydrogen (secondary N) is 1. The fraction of sp³-hybridized carbons (Fsp3) is 0.667. The summed E-state index contributed by atoms with van der Waals surface area (Å²) in [5.41, 5.74) is 0.288. The smallest absolute Gasteiger partial charge is 0.0334 e. The van der Waals surface area contributed by atoms with E-state index < -0.39 is 0 Å². The minimum Gasteiger partial charge on any atom is -0.314 e. The summed E-state index contributed by atoms with van der Waals surface area (Å²) in [5.74, 6) is 0. The topological polar surface area (TPSA) is 15.3 Å². The molecule has 3 heteroatoms. The minimum absolute atomic E-state index is 0.288. The van der Waals surface area contributed by atoms with Gasteiger partial charge >= 0.3 is 0 Å². The van der Waals surface area contributed by atoms with Crippen molar-refractivity contribution < 1.29 is 0 Å². The number of piperazine rings is 1. The zero-order chi connectivity index (χ0) is 10.9. The molecule has 0 unspecified atom stereocenters. The molecule has 0 radical (unpaired) electrons. The zero-order valence-electron chi connectivity index (χ0n) is 9.84. The predicted octanol–water partition coefficient (Wildman–Crippen LogP) is 2.24. The van der Waals surface area contributed by atoms with E-state index in [2.05, 4.69) is 43.1 Å². The maximum Gasteiger partial charge on any atom is 0.0334 e. The van der Waals surface area contributed by atoms with Gasteiger partial charge in [-0.15, -0.1) is 11.3 Å². The standard InChI is InChI=1S/C12H20N2S/c1-10-4-5-11(15-10)8-14-7-6-13-9-12(14,2)3/h4-5,13H,6-9H2,1-3H3. The molecule has 2 nitrogen and oxygen atoms in total. The Hall–Kier alpha value is -0.380. The fourth-order valence-electron chi connectivity index (χ4n) is 2.07. The molecule has 2 rings (SSSR count). The van der Waals surface area contributed by atoms with Crippen molar-refractivity contribution in [3.05, 3.63) is 21.9 Å². The van der Waals surface area contributed by atoms with E-state index in [4.69, 9.17) is 0 Å². The van der Waals surface area contributed by atoms with Crippen LogP contribution in [0.25, 0.3) is 0 Å². The lowest BCUT2D eigenvalue weighted by atomic mass is 10.0. The number of thiophene rings is 1. The zero-order valence-corrected chi connectivity index (χ0v) is 10.7. The summed E-state index contributed by atoms with van der Waals surface area (Å²) < 4.78 is 0. The number of nitrogens with zero attached hydrogens (tertiary/aromatic N) is 1. The van der Waals surface area contributed by atoms with Crippen LogP contribution >= 0.6 is 11.3 Å². The van der Waals surface area contributed by atoms with Crippen molar-refractivity contribution in [1.82, 2.24) is 10.2 Å². The van der Waals surface area contributed by atoms with E-state index in [0.717, 1.165) is 26.2 Å². The van der Waals surface area contributed by atoms with Gasteiger partial charge in [-0.1, -0.05) is 0 Å². The van der Waals surface area contributed by atoms with Gasteiger partial charge in [-0.05, 0) is 32.9 Å². The van der Waals surface area contributed by atoms with Crippen LogP contribution in [-0.2, 0) is 6.54 Å². The Balaban J connectivity index is 2.04. The van der Waals surface area contributed by atoms with E-state index in [9.17, 15) is 0 Å². The molecular formula is C12H20N2S. The van der Waals surface area contributed by atoms with Crippen LogP contribution in [0.5, 0.6) is 0 Å². The summed E-state index contributed by atoms with van der Waals surface area (Å²) in [6, 6.07) is 4.48. The van der Waals surface area contributed by atoms with Gasteiger partial charge < -0.3 is 5.32 Å². The van der Waals surface area contributed by atoms with Crippen LogP contribution in [0.3, 0.4) is 0 Å². The summed E-state index contributed by atoms with van der Waals surface area (Å²) in [6.45, 7) is 11.3. The van der Waals surface area contributed by atoms with Crippen LogP contribution in [0.2, 0.25) is 0 Å². The second kappa shape index (κ2) is 4.24. The quantitative estimate of drug-likeness (QED) is 0.829. The molecule has 0 spiro atoms. The van der Waals surface area contributed by atoms with E-state index in [1.807, 2.05) is 11.3 Å². The van der Waals surface area contributed by atoms with Gasteiger partial charge in [0.1, 0.15) is 0 Å². The largest absolute Gasteiger partial charge is 0.314 e. The van der Waals surface area contributed by atoms with E-state index >= 15 is 0 Å². The highest BCUT2D eigenvalue weighted by Gasteiger charge is 2.29. The lowest BCUT2D eigenvalue weighted by Crippen LogP contribution is -2.57. The van der Waals surface area contributed by atoms with E-state index in [0.29, 0.717) is 0 Å². The molecule has 1 saturated heterocycles. The van der Waals surface area contributed by atoms with E-state index in [1.54, 1.807) is 0 Å². The Bertz CT molecular complexity index is 330. The van der Waals surface area contributed by atoms with Crippen molar-refractivity contribution in [2.45, 2.75) is 32.9 Å². The molecule has 1 aliphatic rings. The van der Waals surface area contributed by atoms with Crippen LogP contribution in [0.15, 0.2) is 12.1 Å². The van der Waals surface area contributed by atoms with Crippen molar-refractivity contribution >= 4 is 11.3 Å². The Morgan fingerprint density at radius 1 is 1.47 bits per heavy atom. The molecule has 1 N–H and O–H groups in total. The SMILES string of the molecule is Cc1ccc(CN2CCNCC2(C)C)s1. The molecule has 15 heavy (non-hydrogen) atoms. The van der Waals surface area contributed by atoms with Crippen LogP contribution < -0.4 is 5.32 Å². The highest BCUT2D eigenvalue weighted by molar-refractivity contribution is 7.11. The summed E-state index contributed by atoms with van der Waals surface area (Å²) in [6.07, 6.45) is 0. The van der Waals surface area contributed by atoms with Crippen molar-refractivity contribution in [2.24, 2.45) is 0 Å². The molecule has 0 aromatic carbocycles. The summed E-state index contributed by atoms with van der Waals surface area (Å²) in [5, 5.41) is 3.46. The molecule has 84 valence electrons. The van der Waals surface area contributed by atoms with Gasteiger partial charge in [-0.3, -0.25) is 4.90 Å². The first kappa shape index (κ1) is 11.1. The van der Waals surface area contributed by atoms with Crippen LogP contribution in [-0.4, -0.2) is 30.1 Å². The highest BCUT2D eigenvalue weighted by Crippen LogP contribution is 2.23. The monoisotopic (exact) mass is 224 g/mol. The van der Waals surface area contributed by atoms with Gasteiger partial charge in [0.15, 0.2) is 0 Å². The molecule has 0 saturated carbocycles. The molecule has 2 heterocycles. The van der Waals surface area contributed by atoms with Crippen molar-refractivity contribution in [3.8, 4) is 0 Å². The van der Waals surface area contributed by atoms with Gasteiger partial charge in [0.2, 0.25) is 0 Å². The number of aryl methyl sites for hydroxylation is 1. The third kappa shape index (κ3) is 2.60. The third-order valence-electron chi connectivity index (χ3n) is 3.11. The van der Waals surface area contributed by atoms with Gasteiger partial charge in [0.25, 0.3) is 0 Å². The molecule has 1 aromatic heterocycles. The number of hydrogen-bond donors (Lipinski definition) is 1. The van der Waals surface area contributed by atoms with Gasteiger partial charge in [0.05, 0.1) is 0 Å². The lowest BCUT2D eigenvalue weighted by Gasteiger charge is -2.42. The molecule has 1 fully saturated rings. The minimum atomic E-state index is 0.288. The molecule has 0 aliphatic carbocycles. The van der Waals surface area contributed by atoms with Gasteiger partial charge in [-0.25, -0.2) is 0 Å². The van der Waals surface area contributed by atoms with Gasteiger partial charge in [-0.2, -0.15) is 0 Å². The summed E-state index contributed by atoms with van der Waals surface area (Å²) in [7, 11) is 0. The molecule has 0 bridgehead atoms. The second-order valence-electron chi connectivity index (χ2n) is 4.92. The van der Waals surface area contributed by atoms with Crippen LogP contribution in [0.4, 0.5) is 0 Å². The molecule has 0 atom stereocenters. The molecule has 0 amide bonds. The first-order valence-corrected chi connectivity index (χ1v) is 6.41. The van der Waals surface area contributed by atoms with Gasteiger partial charge in [0, 0.05) is 41.5 Å². The highest BCUT2D eigenvalue weighted by atomic mass is 32.1. The molecule has 1 aromatic rings. The Morgan fingerprint density at radius 3 is 2.87 bits per heavy atom. The third-order valence-corrected chi connectivity index (χ3v) is 4.10. The maximum atomic E-state index is 3.46. The Morgan fingerprint density at radius 2 is 2.27 bits per heavy atom. The molecule has 1 aliphatic heterocycles. The number of hydrogen-bond acceptors (Lipinski definition) is 3. The summed E-state index contributed by atoms with van der Waals surface area (Å²) in [4.78, 5) is 5.48.